The third kappa shape index (κ3) is 2.43. The van der Waals surface area contributed by atoms with Crippen molar-refractivity contribution in [2.45, 2.75) is 0 Å². The van der Waals surface area contributed by atoms with Crippen molar-refractivity contribution in [3.05, 3.63) is 35.5 Å². The molecule has 0 unspecified atom stereocenters. The number of thiazole rings is 1. The molecule has 0 saturated heterocycles. The van der Waals surface area contributed by atoms with Gasteiger partial charge in [0.2, 0.25) is 5.88 Å². The Labute approximate surface area is 124 Å². The number of aldehydes is 1. The van der Waals surface area contributed by atoms with Crippen molar-refractivity contribution in [3.63, 3.8) is 0 Å². The first kappa shape index (κ1) is 13.4. The van der Waals surface area contributed by atoms with Gasteiger partial charge in [0.05, 0.1) is 14.2 Å². The number of rotatable bonds is 5. The van der Waals surface area contributed by atoms with Crippen LogP contribution >= 0.6 is 11.3 Å². The predicted molar refractivity (Wildman–Crippen MR) is 78.1 cm³/mol. The molecular weight excluding hydrogens is 292 g/mol. The Bertz CT molecular complexity index is 771. The number of imidazole rings is 1. The number of carbonyl (C=O) groups excluding carboxylic acids is 1. The van der Waals surface area contributed by atoms with Gasteiger partial charge < -0.3 is 14.2 Å². The monoisotopic (exact) mass is 304 g/mol. The molecule has 0 saturated carbocycles. The summed E-state index contributed by atoms with van der Waals surface area (Å²) in [6.07, 6.45) is 2.50. The lowest BCUT2D eigenvalue weighted by Gasteiger charge is -2.08. The van der Waals surface area contributed by atoms with Crippen LogP contribution in [-0.4, -0.2) is 29.9 Å². The van der Waals surface area contributed by atoms with E-state index in [9.17, 15) is 4.79 Å². The lowest BCUT2D eigenvalue weighted by atomic mass is 10.3. The Balaban J connectivity index is 2.01. The molecule has 0 N–H and O–H groups in total. The standard InChI is InChI=1S/C14H12N2O4S/c1-18-9-5-10(19-2)7-11(6-9)20-13-12(8-17)16-3-4-21-14(16)15-13/h3-8H,1-2H3. The lowest BCUT2D eigenvalue weighted by molar-refractivity contribution is 0.111. The highest BCUT2D eigenvalue weighted by molar-refractivity contribution is 7.15. The Hall–Kier alpha value is -2.54. The van der Waals surface area contributed by atoms with Crippen LogP contribution in [0.4, 0.5) is 0 Å². The van der Waals surface area contributed by atoms with Gasteiger partial charge in [0.1, 0.15) is 17.2 Å². The molecule has 2 heterocycles. The molecule has 0 atom stereocenters. The maximum atomic E-state index is 11.3. The summed E-state index contributed by atoms with van der Waals surface area (Å²) < 4.78 is 17.8. The van der Waals surface area contributed by atoms with Gasteiger partial charge in [0.25, 0.3) is 0 Å². The zero-order valence-corrected chi connectivity index (χ0v) is 12.2. The molecule has 0 radical (unpaired) electrons. The summed E-state index contributed by atoms with van der Waals surface area (Å²) in [5.74, 6) is 1.93. The van der Waals surface area contributed by atoms with Gasteiger partial charge in [-0.05, 0) is 0 Å². The number of fused-ring (bicyclic) bond motifs is 1. The fourth-order valence-electron chi connectivity index (χ4n) is 1.92. The van der Waals surface area contributed by atoms with Gasteiger partial charge in [0.15, 0.2) is 16.9 Å². The second-order valence-electron chi connectivity index (χ2n) is 4.13. The second-order valence-corrected chi connectivity index (χ2v) is 5.00. The van der Waals surface area contributed by atoms with Crippen LogP contribution in [0.5, 0.6) is 23.1 Å². The molecule has 0 fully saturated rings. The maximum absolute atomic E-state index is 11.3. The first-order valence-corrected chi connectivity index (χ1v) is 6.94. The summed E-state index contributed by atoms with van der Waals surface area (Å²) in [4.78, 5) is 16.2. The van der Waals surface area contributed by atoms with E-state index in [1.165, 1.54) is 11.3 Å². The smallest absolute Gasteiger partial charge is 0.250 e. The number of benzene rings is 1. The Morgan fingerprint density at radius 2 is 1.81 bits per heavy atom. The molecule has 7 heteroatoms. The highest BCUT2D eigenvalue weighted by Crippen LogP contribution is 2.32. The van der Waals surface area contributed by atoms with Crippen molar-refractivity contribution in [1.82, 2.24) is 9.38 Å². The van der Waals surface area contributed by atoms with Crippen molar-refractivity contribution in [2.75, 3.05) is 14.2 Å². The van der Waals surface area contributed by atoms with E-state index >= 15 is 0 Å². The van der Waals surface area contributed by atoms with Crippen LogP contribution in [0.25, 0.3) is 4.96 Å². The van der Waals surface area contributed by atoms with Gasteiger partial charge in [-0.15, -0.1) is 11.3 Å². The highest BCUT2D eigenvalue weighted by atomic mass is 32.1. The normalized spacial score (nSPS) is 10.6. The molecule has 21 heavy (non-hydrogen) atoms. The zero-order chi connectivity index (χ0) is 14.8. The summed E-state index contributed by atoms with van der Waals surface area (Å²) in [5, 5.41) is 1.85. The third-order valence-electron chi connectivity index (χ3n) is 2.92. The molecule has 0 aliphatic heterocycles. The second kappa shape index (κ2) is 5.45. The number of ether oxygens (including phenoxy) is 3. The number of aromatic nitrogens is 2. The average molecular weight is 304 g/mol. The van der Waals surface area contributed by atoms with Crippen molar-refractivity contribution >= 4 is 22.6 Å². The maximum Gasteiger partial charge on any atom is 0.250 e. The minimum Gasteiger partial charge on any atom is -0.496 e. The SMILES string of the molecule is COc1cc(OC)cc(Oc2nc3sccn3c2C=O)c1. The Kier molecular flexibility index (Phi) is 3.49. The Morgan fingerprint density at radius 1 is 1.14 bits per heavy atom. The predicted octanol–water partition coefficient (Wildman–Crippen LogP) is 3.02. The Morgan fingerprint density at radius 3 is 2.43 bits per heavy atom. The van der Waals surface area contributed by atoms with Crippen molar-refractivity contribution in [3.8, 4) is 23.1 Å². The lowest BCUT2D eigenvalue weighted by Crippen LogP contribution is -1.93. The van der Waals surface area contributed by atoms with Gasteiger partial charge >= 0.3 is 0 Å². The van der Waals surface area contributed by atoms with Crippen LogP contribution in [0.3, 0.4) is 0 Å². The minimum absolute atomic E-state index is 0.257. The van der Waals surface area contributed by atoms with Gasteiger partial charge in [-0.25, -0.2) is 0 Å². The first-order chi connectivity index (χ1) is 10.2. The summed E-state index contributed by atoms with van der Waals surface area (Å²) in [6, 6.07) is 5.13. The van der Waals surface area contributed by atoms with Crippen LogP contribution in [0.2, 0.25) is 0 Å². The van der Waals surface area contributed by atoms with Gasteiger partial charge in [-0.3, -0.25) is 9.20 Å². The van der Waals surface area contributed by atoms with Gasteiger partial charge in [0, 0.05) is 29.8 Å². The summed E-state index contributed by atoms with van der Waals surface area (Å²) >= 11 is 1.43. The quantitative estimate of drug-likeness (QED) is 0.678. The molecule has 0 aliphatic carbocycles. The third-order valence-corrected chi connectivity index (χ3v) is 3.67. The fourth-order valence-corrected chi connectivity index (χ4v) is 2.63. The molecule has 3 aromatic rings. The number of hydrogen-bond acceptors (Lipinski definition) is 6. The van der Waals surface area contributed by atoms with Crippen LogP contribution in [0.15, 0.2) is 29.8 Å². The van der Waals surface area contributed by atoms with Gasteiger partial charge in [-0.1, -0.05) is 0 Å². The van der Waals surface area contributed by atoms with Gasteiger partial charge in [-0.2, -0.15) is 4.98 Å². The highest BCUT2D eigenvalue weighted by Gasteiger charge is 2.15. The van der Waals surface area contributed by atoms with Crippen LogP contribution in [-0.2, 0) is 0 Å². The average Bonchev–Trinajstić information content (AvgIpc) is 3.07. The molecule has 1 aromatic carbocycles. The number of nitrogens with zero attached hydrogens (tertiary/aromatic N) is 2. The van der Waals surface area contributed by atoms with E-state index in [4.69, 9.17) is 14.2 Å². The van der Waals surface area contributed by atoms with E-state index in [1.807, 2.05) is 5.38 Å². The molecule has 0 bridgehead atoms. The molecule has 0 amide bonds. The zero-order valence-electron chi connectivity index (χ0n) is 11.4. The molecule has 3 rings (SSSR count). The van der Waals surface area contributed by atoms with E-state index in [0.717, 1.165) is 6.29 Å². The molecule has 108 valence electrons. The summed E-state index contributed by atoms with van der Waals surface area (Å²) in [5.41, 5.74) is 0.369. The van der Waals surface area contributed by atoms with E-state index < -0.39 is 0 Å². The first-order valence-electron chi connectivity index (χ1n) is 6.07. The molecule has 0 spiro atoms. The molecule has 0 aliphatic rings. The van der Waals surface area contributed by atoms with Crippen molar-refractivity contribution < 1.29 is 19.0 Å². The van der Waals surface area contributed by atoms with E-state index in [2.05, 4.69) is 4.98 Å². The topological polar surface area (TPSA) is 62.1 Å². The number of hydrogen-bond donors (Lipinski definition) is 0. The van der Waals surface area contributed by atoms with Crippen LogP contribution in [0.1, 0.15) is 10.5 Å². The largest absolute Gasteiger partial charge is 0.496 e. The van der Waals surface area contributed by atoms with Crippen LogP contribution in [0, 0.1) is 0 Å². The minimum atomic E-state index is 0.257. The fraction of sp³-hybridized carbons (Fsp3) is 0.143. The van der Waals surface area contributed by atoms with Crippen molar-refractivity contribution in [2.24, 2.45) is 0 Å². The van der Waals surface area contributed by atoms with E-state index in [-0.39, 0.29) is 5.88 Å². The molecular formula is C14H12N2O4S. The summed E-state index contributed by atoms with van der Waals surface area (Å²) in [7, 11) is 3.12. The van der Waals surface area contributed by atoms with Crippen molar-refractivity contribution in [1.29, 1.82) is 0 Å². The summed E-state index contributed by atoms with van der Waals surface area (Å²) in [6.45, 7) is 0. The number of carbonyl (C=O) groups is 1. The van der Waals surface area contributed by atoms with Crippen LogP contribution < -0.4 is 14.2 Å². The molecule has 2 aromatic heterocycles. The molecule has 6 nitrogen and oxygen atoms in total. The number of methoxy groups -OCH3 is 2. The van der Waals surface area contributed by atoms with E-state index in [1.54, 1.807) is 43.0 Å². The van der Waals surface area contributed by atoms with E-state index in [0.29, 0.717) is 27.9 Å².